The van der Waals surface area contributed by atoms with Crippen molar-refractivity contribution in [1.82, 2.24) is 9.97 Å². The lowest BCUT2D eigenvalue weighted by molar-refractivity contribution is -0.0530. The number of rotatable bonds is 3. The highest BCUT2D eigenvalue weighted by Gasteiger charge is 2.08. The molecule has 0 saturated heterocycles. The lowest BCUT2D eigenvalue weighted by Crippen LogP contribution is -2.04. The van der Waals surface area contributed by atoms with Crippen molar-refractivity contribution in [2.24, 2.45) is 0 Å². The molecule has 0 fully saturated rings. The molecule has 0 unspecified atom stereocenters. The average molecular weight is 258 g/mol. The van der Waals surface area contributed by atoms with E-state index in [-0.39, 0.29) is 17.1 Å². The van der Waals surface area contributed by atoms with Crippen molar-refractivity contribution in [2.45, 2.75) is 6.61 Å². The van der Waals surface area contributed by atoms with Crippen molar-refractivity contribution in [3.63, 3.8) is 0 Å². The molecule has 2 rings (SSSR count). The van der Waals surface area contributed by atoms with Crippen LogP contribution in [0.15, 0.2) is 30.6 Å². The van der Waals surface area contributed by atoms with E-state index < -0.39 is 18.2 Å². The molecule has 1 aromatic carbocycles. The number of hydrogen-bond donors (Lipinski definition) is 0. The Bertz CT molecular complexity index is 545. The van der Waals surface area contributed by atoms with Crippen LogP contribution in [0, 0.1) is 11.6 Å². The van der Waals surface area contributed by atoms with Gasteiger partial charge < -0.3 is 4.74 Å². The van der Waals surface area contributed by atoms with Crippen LogP contribution in [0.4, 0.5) is 17.6 Å². The van der Waals surface area contributed by atoms with Crippen LogP contribution < -0.4 is 4.74 Å². The molecule has 18 heavy (non-hydrogen) atoms. The zero-order valence-corrected chi connectivity index (χ0v) is 8.78. The maximum absolute atomic E-state index is 13.0. The molecule has 0 radical (unpaired) electrons. The summed E-state index contributed by atoms with van der Waals surface area (Å²) in [6, 6.07) is 3.18. The van der Waals surface area contributed by atoms with Crippen molar-refractivity contribution < 1.29 is 22.3 Å². The van der Waals surface area contributed by atoms with E-state index >= 15 is 0 Å². The van der Waals surface area contributed by atoms with E-state index in [1.165, 1.54) is 6.07 Å². The zero-order valence-electron chi connectivity index (χ0n) is 8.78. The smallest absolute Gasteiger partial charge is 0.388 e. The Labute approximate surface area is 99.1 Å². The molecule has 0 saturated carbocycles. The average Bonchev–Trinajstić information content (AvgIpc) is 2.33. The van der Waals surface area contributed by atoms with Crippen LogP contribution >= 0.6 is 0 Å². The molecule has 3 nitrogen and oxygen atoms in total. The Kier molecular flexibility index (Phi) is 3.40. The summed E-state index contributed by atoms with van der Waals surface area (Å²) in [5.41, 5.74) is 0.500. The Morgan fingerprint density at radius 2 is 1.78 bits per heavy atom. The van der Waals surface area contributed by atoms with Crippen molar-refractivity contribution in [1.29, 1.82) is 0 Å². The molecule has 0 N–H and O–H groups in total. The molecule has 0 aliphatic rings. The molecular formula is C11H6F4N2O. The van der Waals surface area contributed by atoms with Gasteiger partial charge >= 0.3 is 6.61 Å². The van der Waals surface area contributed by atoms with Crippen LogP contribution in [0.25, 0.3) is 11.3 Å². The zero-order chi connectivity index (χ0) is 13.1. The second-order valence-corrected chi connectivity index (χ2v) is 3.25. The molecule has 0 bridgehead atoms. The van der Waals surface area contributed by atoms with Crippen molar-refractivity contribution in [2.75, 3.05) is 0 Å². The lowest BCUT2D eigenvalue weighted by atomic mass is 10.1. The lowest BCUT2D eigenvalue weighted by Gasteiger charge is -2.04. The van der Waals surface area contributed by atoms with Gasteiger partial charge in [-0.1, -0.05) is 0 Å². The summed E-state index contributed by atoms with van der Waals surface area (Å²) >= 11 is 0. The highest BCUT2D eigenvalue weighted by Crippen LogP contribution is 2.20. The van der Waals surface area contributed by atoms with E-state index in [9.17, 15) is 17.6 Å². The fourth-order valence-electron chi connectivity index (χ4n) is 1.27. The first-order chi connectivity index (χ1) is 8.56. The molecule has 7 heteroatoms. The van der Waals surface area contributed by atoms with E-state index in [0.717, 1.165) is 24.5 Å². The van der Waals surface area contributed by atoms with Crippen LogP contribution in [0.2, 0.25) is 0 Å². The highest BCUT2D eigenvalue weighted by atomic mass is 19.3. The summed E-state index contributed by atoms with van der Waals surface area (Å²) in [6.07, 6.45) is 2.10. The van der Waals surface area contributed by atoms with Gasteiger partial charge in [0.1, 0.15) is 0 Å². The molecule has 0 spiro atoms. The third kappa shape index (κ3) is 2.73. The fourth-order valence-corrected chi connectivity index (χ4v) is 1.27. The summed E-state index contributed by atoms with van der Waals surface area (Å²) < 4.78 is 53.4. The van der Waals surface area contributed by atoms with Gasteiger partial charge in [0.05, 0.1) is 18.1 Å². The normalized spacial score (nSPS) is 10.7. The summed E-state index contributed by atoms with van der Waals surface area (Å²) in [5, 5.41) is 0. The van der Waals surface area contributed by atoms with Gasteiger partial charge in [-0.2, -0.15) is 8.78 Å². The molecule has 94 valence electrons. The standard InChI is InChI=1S/C11H6F4N2O/c12-7-2-1-6(3-8(7)13)9-4-17-10(5-16-9)18-11(14)15/h1-5,11H. The minimum absolute atomic E-state index is 0.218. The van der Waals surface area contributed by atoms with Crippen molar-refractivity contribution in [3.8, 4) is 17.1 Å². The summed E-state index contributed by atoms with van der Waals surface area (Å²) in [7, 11) is 0. The van der Waals surface area contributed by atoms with Crippen LogP contribution in [0.3, 0.4) is 0 Å². The first-order valence-corrected chi connectivity index (χ1v) is 4.78. The highest BCUT2D eigenvalue weighted by molar-refractivity contribution is 5.58. The van der Waals surface area contributed by atoms with E-state index in [1.807, 2.05) is 0 Å². The van der Waals surface area contributed by atoms with Crippen LogP contribution in [0.1, 0.15) is 0 Å². The second kappa shape index (κ2) is 4.99. The van der Waals surface area contributed by atoms with Gasteiger partial charge in [0.15, 0.2) is 11.6 Å². The van der Waals surface area contributed by atoms with Gasteiger partial charge in [0, 0.05) is 5.56 Å². The van der Waals surface area contributed by atoms with Gasteiger partial charge in [-0.3, -0.25) is 0 Å². The van der Waals surface area contributed by atoms with Crippen LogP contribution in [-0.2, 0) is 0 Å². The molecule has 0 aliphatic carbocycles. The monoisotopic (exact) mass is 258 g/mol. The van der Waals surface area contributed by atoms with Gasteiger partial charge in [-0.15, -0.1) is 0 Å². The first kappa shape index (κ1) is 12.3. The molecule has 0 atom stereocenters. The largest absolute Gasteiger partial charge is 0.415 e. The number of ether oxygens (including phenoxy) is 1. The van der Waals surface area contributed by atoms with Crippen molar-refractivity contribution in [3.05, 3.63) is 42.2 Å². The molecule has 0 aliphatic heterocycles. The maximum atomic E-state index is 13.0. The van der Waals surface area contributed by atoms with E-state index in [1.54, 1.807) is 0 Å². The maximum Gasteiger partial charge on any atom is 0.388 e. The van der Waals surface area contributed by atoms with E-state index in [0.29, 0.717) is 0 Å². The summed E-state index contributed by atoms with van der Waals surface area (Å²) in [6.45, 7) is -2.99. The predicted octanol–water partition coefficient (Wildman–Crippen LogP) is 3.02. The van der Waals surface area contributed by atoms with Crippen molar-refractivity contribution >= 4 is 0 Å². The second-order valence-electron chi connectivity index (χ2n) is 3.25. The minimum atomic E-state index is -2.99. The Hall–Kier alpha value is -2.18. The van der Waals surface area contributed by atoms with Crippen LogP contribution in [0.5, 0.6) is 5.88 Å². The van der Waals surface area contributed by atoms with E-state index in [4.69, 9.17) is 0 Å². The molecule has 1 aromatic heterocycles. The fraction of sp³-hybridized carbons (Fsp3) is 0.0909. The molecular weight excluding hydrogens is 252 g/mol. The number of nitrogens with zero attached hydrogens (tertiary/aromatic N) is 2. The Morgan fingerprint density at radius 1 is 1.00 bits per heavy atom. The molecule has 1 heterocycles. The molecule has 2 aromatic rings. The minimum Gasteiger partial charge on any atom is -0.415 e. The van der Waals surface area contributed by atoms with Gasteiger partial charge in [0.25, 0.3) is 0 Å². The van der Waals surface area contributed by atoms with Gasteiger partial charge in [-0.05, 0) is 18.2 Å². The van der Waals surface area contributed by atoms with Gasteiger partial charge in [0.2, 0.25) is 5.88 Å². The van der Waals surface area contributed by atoms with Crippen LogP contribution in [-0.4, -0.2) is 16.6 Å². The predicted molar refractivity (Wildman–Crippen MR) is 54.0 cm³/mol. The molecule has 0 amide bonds. The summed E-state index contributed by atoms with van der Waals surface area (Å²) in [4.78, 5) is 7.33. The van der Waals surface area contributed by atoms with E-state index in [2.05, 4.69) is 14.7 Å². The first-order valence-electron chi connectivity index (χ1n) is 4.78. The topological polar surface area (TPSA) is 35.0 Å². The summed E-state index contributed by atoms with van der Waals surface area (Å²) in [5.74, 6) is -2.36. The quantitative estimate of drug-likeness (QED) is 0.794. The Balaban J connectivity index is 2.25. The Morgan fingerprint density at radius 3 is 2.33 bits per heavy atom. The number of aromatic nitrogens is 2. The SMILES string of the molecule is Fc1ccc(-c2cnc(OC(F)F)cn2)cc1F. The van der Waals surface area contributed by atoms with Gasteiger partial charge in [-0.25, -0.2) is 18.7 Å². The number of alkyl halides is 2. The number of hydrogen-bond acceptors (Lipinski definition) is 3. The third-order valence-electron chi connectivity index (χ3n) is 2.05. The third-order valence-corrected chi connectivity index (χ3v) is 2.05. The number of benzene rings is 1. The number of halogens is 4.